The number of fused-ring (bicyclic) bond motifs is 1. The molecule has 0 fully saturated rings. The van der Waals surface area contributed by atoms with Gasteiger partial charge < -0.3 is 10.3 Å². The van der Waals surface area contributed by atoms with Gasteiger partial charge in [-0.3, -0.25) is 0 Å². The molecule has 0 radical (unpaired) electrons. The van der Waals surface area contributed by atoms with Crippen LogP contribution in [-0.2, 0) is 6.54 Å². The predicted octanol–water partition coefficient (Wildman–Crippen LogP) is 3.04. The maximum absolute atomic E-state index is 5.86. The molecular weight excluding hydrogens is 230 g/mol. The summed E-state index contributed by atoms with van der Waals surface area (Å²) in [6.45, 7) is 2.82. The van der Waals surface area contributed by atoms with Gasteiger partial charge in [-0.2, -0.15) is 0 Å². The first-order valence-electron chi connectivity index (χ1n) is 5.48. The molecule has 2 aromatic heterocycles. The van der Waals surface area contributed by atoms with Crippen molar-refractivity contribution in [2.75, 3.05) is 5.73 Å². The molecule has 0 atom stereocenters. The van der Waals surface area contributed by atoms with Crippen molar-refractivity contribution in [3.05, 3.63) is 47.1 Å². The van der Waals surface area contributed by atoms with Crippen molar-refractivity contribution in [1.82, 2.24) is 9.55 Å². The summed E-state index contributed by atoms with van der Waals surface area (Å²) >= 11 is 1.77. The van der Waals surface area contributed by atoms with Crippen LogP contribution in [0.5, 0.6) is 0 Å². The first-order valence-corrected chi connectivity index (χ1v) is 6.36. The fourth-order valence-electron chi connectivity index (χ4n) is 2.01. The van der Waals surface area contributed by atoms with Crippen LogP contribution in [0.3, 0.4) is 0 Å². The SMILES string of the molecule is Cc1cnc(N)n1Cc1csc2ccccc12. The van der Waals surface area contributed by atoms with Crippen molar-refractivity contribution in [1.29, 1.82) is 0 Å². The highest BCUT2D eigenvalue weighted by atomic mass is 32.1. The largest absolute Gasteiger partial charge is 0.369 e. The number of aryl methyl sites for hydroxylation is 1. The third-order valence-corrected chi connectivity index (χ3v) is 3.99. The summed E-state index contributed by atoms with van der Waals surface area (Å²) in [5.74, 6) is 0.581. The number of imidazole rings is 1. The Balaban J connectivity index is 2.06. The summed E-state index contributed by atoms with van der Waals surface area (Å²) in [4.78, 5) is 4.12. The van der Waals surface area contributed by atoms with Gasteiger partial charge in [0.2, 0.25) is 5.95 Å². The molecule has 0 unspecified atom stereocenters. The second-order valence-corrected chi connectivity index (χ2v) is 5.01. The van der Waals surface area contributed by atoms with Gasteiger partial charge in [-0.05, 0) is 29.3 Å². The van der Waals surface area contributed by atoms with Crippen LogP contribution in [0.25, 0.3) is 10.1 Å². The van der Waals surface area contributed by atoms with E-state index in [-0.39, 0.29) is 0 Å². The first kappa shape index (κ1) is 10.4. The molecule has 3 rings (SSSR count). The van der Waals surface area contributed by atoms with Crippen molar-refractivity contribution in [3.63, 3.8) is 0 Å². The molecule has 0 bridgehead atoms. The molecule has 4 heteroatoms. The normalized spacial score (nSPS) is 11.1. The molecule has 3 aromatic rings. The van der Waals surface area contributed by atoms with Crippen LogP contribution in [-0.4, -0.2) is 9.55 Å². The molecule has 1 aromatic carbocycles. The Morgan fingerprint density at radius 2 is 2.18 bits per heavy atom. The van der Waals surface area contributed by atoms with Crippen LogP contribution in [0, 0.1) is 6.92 Å². The van der Waals surface area contributed by atoms with E-state index in [0.717, 1.165) is 12.2 Å². The van der Waals surface area contributed by atoms with E-state index in [2.05, 4.69) is 34.6 Å². The molecule has 0 saturated heterocycles. The van der Waals surface area contributed by atoms with Gasteiger partial charge in [0.15, 0.2) is 0 Å². The van der Waals surface area contributed by atoms with Crippen LogP contribution < -0.4 is 5.73 Å². The van der Waals surface area contributed by atoms with E-state index < -0.39 is 0 Å². The minimum atomic E-state index is 0.581. The first-order chi connectivity index (χ1) is 8.25. The van der Waals surface area contributed by atoms with E-state index in [1.165, 1.54) is 15.6 Å². The second kappa shape index (κ2) is 3.89. The monoisotopic (exact) mass is 243 g/mol. The van der Waals surface area contributed by atoms with Crippen molar-refractivity contribution in [2.24, 2.45) is 0 Å². The zero-order valence-electron chi connectivity index (χ0n) is 9.55. The van der Waals surface area contributed by atoms with E-state index in [9.17, 15) is 0 Å². The van der Waals surface area contributed by atoms with Gasteiger partial charge in [0, 0.05) is 10.4 Å². The lowest BCUT2D eigenvalue weighted by molar-refractivity contribution is 0.789. The Kier molecular flexibility index (Phi) is 2.37. The molecule has 0 aliphatic heterocycles. The van der Waals surface area contributed by atoms with Crippen LogP contribution in [0.15, 0.2) is 35.8 Å². The second-order valence-electron chi connectivity index (χ2n) is 4.10. The summed E-state index contributed by atoms with van der Waals surface area (Å²) in [5.41, 5.74) is 8.26. The highest BCUT2D eigenvalue weighted by molar-refractivity contribution is 7.17. The van der Waals surface area contributed by atoms with Gasteiger partial charge in [0.1, 0.15) is 0 Å². The lowest BCUT2D eigenvalue weighted by atomic mass is 10.2. The maximum atomic E-state index is 5.86. The fraction of sp³-hybridized carbons (Fsp3) is 0.154. The average molecular weight is 243 g/mol. The van der Waals surface area contributed by atoms with Gasteiger partial charge >= 0.3 is 0 Å². The molecule has 2 N–H and O–H groups in total. The fourth-order valence-corrected chi connectivity index (χ4v) is 2.96. The zero-order chi connectivity index (χ0) is 11.8. The molecule has 17 heavy (non-hydrogen) atoms. The lowest BCUT2D eigenvalue weighted by Crippen LogP contribution is -2.05. The topological polar surface area (TPSA) is 43.8 Å². The van der Waals surface area contributed by atoms with Crippen LogP contribution in [0.1, 0.15) is 11.3 Å². The van der Waals surface area contributed by atoms with Gasteiger partial charge in [-0.15, -0.1) is 11.3 Å². The Bertz CT molecular complexity index is 647. The van der Waals surface area contributed by atoms with Crippen LogP contribution in [0.4, 0.5) is 5.95 Å². The van der Waals surface area contributed by atoms with Crippen LogP contribution in [0.2, 0.25) is 0 Å². The predicted molar refractivity (Wildman–Crippen MR) is 72.3 cm³/mol. The Labute approximate surface area is 104 Å². The summed E-state index contributed by atoms with van der Waals surface area (Å²) in [7, 11) is 0. The van der Waals surface area contributed by atoms with E-state index in [1.54, 1.807) is 11.3 Å². The van der Waals surface area contributed by atoms with Gasteiger partial charge in [0.25, 0.3) is 0 Å². The molecule has 0 amide bonds. The zero-order valence-corrected chi connectivity index (χ0v) is 10.4. The maximum Gasteiger partial charge on any atom is 0.200 e. The highest BCUT2D eigenvalue weighted by Crippen LogP contribution is 2.27. The molecule has 0 saturated carbocycles. The van der Waals surface area contributed by atoms with Gasteiger partial charge in [-0.25, -0.2) is 4.98 Å². The summed E-state index contributed by atoms with van der Waals surface area (Å²) in [6, 6.07) is 8.44. The number of rotatable bonds is 2. The van der Waals surface area contributed by atoms with Gasteiger partial charge in [-0.1, -0.05) is 18.2 Å². The minimum absolute atomic E-state index is 0.581. The number of nitrogens with two attached hydrogens (primary N) is 1. The standard InChI is InChI=1S/C13H13N3S/c1-9-6-15-13(14)16(9)7-10-8-17-12-5-3-2-4-11(10)12/h2-6,8H,7H2,1H3,(H2,14,15). The smallest absolute Gasteiger partial charge is 0.200 e. The number of benzene rings is 1. The molecule has 86 valence electrons. The quantitative estimate of drug-likeness (QED) is 0.751. The summed E-state index contributed by atoms with van der Waals surface area (Å²) < 4.78 is 3.35. The third-order valence-electron chi connectivity index (χ3n) is 2.98. The van der Waals surface area contributed by atoms with E-state index >= 15 is 0 Å². The van der Waals surface area contributed by atoms with Crippen molar-refractivity contribution in [3.8, 4) is 0 Å². The number of hydrogen-bond donors (Lipinski definition) is 1. The number of thiophene rings is 1. The summed E-state index contributed by atoms with van der Waals surface area (Å²) in [5, 5.41) is 3.51. The van der Waals surface area contributed by atoms with E-state index in [0.29, 0.717) is 5.95 Å². The van der Waals surface area contributed by atoms with E-state index in [4.69, 9.17) is 5.73 Å². The Hall–Kier alpha value is -1.81. The van der Waals surface area contributed by atoms with Crippen molar-refractivity contribution < 1.29 is 0 Å². The molecule has 3 nitrogen and oxygen atoms in total. The molecule has 0 spiro atoms. The summed E-state index contributed by atoms with van der Waals surface area (Å²) in [6.07, 6.45) is 1.81. The van der Waals surface area contributed by atoms with Crippen LogP contribution >= 0.6 is 11.3 Å². The van der Waals surface area contributed by atoms with Crippen molar-refractivity contribution in [2.45, 2.75) is 13.5 Å². The van der Waals surface area contributed by atoms with E-state index in [1.807, 2.05) is 17.7 Å². The molecule has 0 aliphatic carbocycles. The molecule has 0 aliphatic rings. The third kappa shape index (κ3) is 1.70. The number of nitrogens with zero attached hydrogens (tertiary/aromatic N) is 2. The highest BCUT2D eigenvalue weighted by Gasteiger charge is 2.08. The number of aromatic nitrogens is 2. The molecule has 2 heterocycles. The van der Waals surface area contributed by atoms with Gasteiger partial charge in [0.05, 0.1) is 12.7 Å². The molecular formula is C13H13N3S. The average Bonchev–Trinajstić information content (AvgIpc) is 2.88. The Morgan fingerprint density at radius 3 is 2.94 bits per heavy atom. The number of hydrogen-bond acceptors (Lipinski definition) is 3. The Morgan fingerprint density at radius 1 is 1.35 bits per heavy atom. The minimum Gasteiger partial charge on any atom is -0.369 e. The lowest BCUT2D eigenvalue weighted by Gasteiger charge is -2.06. The van der Waals surface area contributed by atoms with Crippen molar-refractivity contribution >= 4 is 27.4 Å². The number of anilines is 1. The number of nitrogen functional groups attached to an aromatic ring is 1.